The summed E-state index contributed by atoms with van der Waals surface area (Å²) >= 11 is 0. The smallest absolute Gasteiger partial charge is 0.0668 e. The summed E-state index contributed by atoms with van der Waals surface area (Å²) in [5.74, 6) is 0. The zero-order chi connectivity index (χ0) is 13.0. The molecule has 0 spiro atoms. The largest absolute Gasteiger partial charge is 0.377 e. The number of morpholine rings is 1. The molecule has 1 unspecified atom stereocenters. The van der Waals surface area contributed by atoms with Crippen LogP contribution in [-0.4, -0.2) is 32.3 Å². The number of nitrogens with one attached hydrogen (secondary N) is 1. The predicted molar refractivity (Wildman–Crippen MR) is 76.2 cm³/mol. The van der Waals surface area contributed by atoms with E-state index in [2.05, 4.69) is 49.2 Å². The van der Waals surface area contributed by atoms with Crippen LogP contribution in [0.1, 0.15) is 25.0 Å². The Morgan fingerprint density at radius 2 is 2.28 bits per heavy atom. The van der Waals surface area contributed by atoms with E-state index in [0.717, 1.165) is 32.8 Å². The molecule has 1 N–H and O–H groups in total. The van der Waals surface area contributed by atoms with Gasteiger partial charge in [0.1, 0.15) is 0 Å². The lowest BCUT2D eigenvalue weighted by Crippen LogP contribution is -2.44. The monoisotopic (exact) mass is 248 g/mol. The fourth-order valence-electron chi connectivity index (χ4n) is 2.50. The summed E-state index contributed by atoms with van der Waals surface area (Å²) < 4.78 is 5.50. The molecule has 3 nitrogen and oxygen atoms in total. The average Bonchev–Trinajstić information content (AvgIpc) is 2.38. The first-order chi connectivity index (χ1) is 8.72. The first-order valence-electron chi connectivity index (χ1n) is 6.87. The minimum Gasteiger partial charge on any atom is -0.377 e. The highest BCUT2D eigenvalue weighted by Gasteiger charge is 2.20. The number of rotatable bonds is 4. The first-order valence-corrected chi connectivity index (χ1v) is 6.87. The molecular formula is C15H24N2O. The zero-order valence-corrected chi connectivity index (χ0v) is 11.7. The van der Waals surface area contributed by atoms with Gasteiger partial charge in [-0.1, -0.05) is 19.1 Å². The van der Waals surface area contributed by atoms with Crippen LogP contribution in [0.15, 0.2) is 18.2 Å². The number of aryl methyl sites for hydroxylation is 1. The Labute approximate surface area is 110 Å². The van der Waals surface area contributed by atoms with Crippen molar-refractivity contribution in [3.63, 3.8) is 0 Å². The van der Waals surface area contributed by atoms with Gasteiger partial charge in [0.25, 0.3) is 0 Å². The molecule has 1 atom stereocenters. The molecule has 18 heavy (non-hydrogen) atoms. The van der Waals surface area contributed by atoms with Crippen molar-refractivity contribution < 1.29 is 4.74 Å². The molecule has 1 aromatic rings. The zero-order valence-electron chi connectivity index (χ0n) is 11.7. The van der Waals surface area contributed by atoms with Crippen LogP contribution in [0.25, 0.3) is 0 Å². The molecular weight excluding hydrogens is 224 g/mol. The third-order valence-electron chi connectivity index (χ3n) is 3.52. The number of nitrogens with zero attached hydrogens (tertiary/aromatic N) is 1. The van der Waals surface area contributed by atoms with Crippen LogP contribution in [0.4, 0.5) is 5.69 Å². The third-order valence-corrected chi connectivity index (χ3v) is 3.52. The van der Waals surface area contributed by atoms with Crippen LogP contribution in [0.2, 0.25) is 0 Å². The second-order valence-corrected chi connectivity index (χ2v) is 5.02. The Hall–Kier alpha value is -1.06. The average molecular weight is 248 g/mol. The Kier molecular flexibility index (Phi) is 4.61. The molecule has 1 heterocycles. The number of ether oxygens (including phenoxy) is 1. The number of hydrogen-bond donors (Lipinski definition) is 1. The van der Waals surface area contributed by atoms with Crippen molar-refractivity contribution in [2.24, 2.45) is 0 Å². The Bertz CT molecular complexity index is 392. The summed E-state index contributed by atoms with van der Waals surface area (Å²) in [5.41, 5.74) is 4.07. The molecule has 0 radical (unpaired) electrons. The van der Waals surface area contributed by atoms with E-state index in [1.54, 1.807) is 0 Å². The van der Waals surface area contributed by atoms with Crippen molar-refractivity contribution >= 4 is 5.69 Å². The van der Waals surface area contributed by atoms with Crippen molar-refractivity contribution in [3.8, 4) is 0 Å². The van der Waals surface area contributed by atoms with Crippen LogP contribution in [0, 0.1) is 6.92 Å². The Morgan fingerprint density at radius 1 is 1.44 bits per heavy atom. The molecule has 1 aromatic carbocycles. The second kappa shape index (κ2) is 6.21. The van der Waals surface area contributed by atoms with Gasteiger partial charge in [0.05, 0.1) is 13.2 Å². The summed E-state index contributed by atoms with van der Waals surface area (Å²) in [6, 6.07) is 7.24. The molecule has 1 saturated heterocycles. The van der Waals surface area contributed by atoms with Crippen molar-refractivity contribution in [2.45, 2.75) is 33.4 Å². The molecule has 0 aliphatic carbocycles. The maximum absolute atomic E-state index is 5.50. The highest BCUT2D eigenvalue weighted by Crippen LogP contribution is 2.24. The lowest BCUT2D eigenvalue weighted by molar-refractivity contribution is 0.0989. The van der Waals surface area contributed by atoms with Gasteiger partial charge in [0.2, 0.25) is 0 Å². The summed E-state index contributed by atoms with van der Waals surface area (Å²) in [5, 5.41) is 3.37. The van der Waals surface area contributed by atoms with Crippen LogP contribution in [-0.2, 0) is 11.3 Å². The molecule has 1 fully saturated rings. The topological polar surface area (TPSA) is 24.5 Å². The van der Waals surface area contributed by atoms with E-state index in [1.165, 1.54) is 16.8 Å². The van der Waals surface area contributed by atoms with E-state index >= 15 is 0 Å². The standard InChI is InChI=1S/C15H24N2O/c1-4-16-10-14-5-6-15(12(2)9-14)17-7-8-18-11-13(17)3/h5-6,9,13,16H,4,7-8,10-11H2,1-3H3. The van der Waals surface area contributed by atoms with Crippen LogP contribution in [0.5, 0.6) is 0 Å². The molecule has 100 valence electrons. The van der Waals surface area contributed by atoms with E-state index in [-0.39, 0.29) is 0 Å². The molecule has 1 aliphatic heterocycles. The van der Waals surface area contributed by atoms with Gasteiger partial charge in [-0.25, -0.2) is 0 Å². The maximum Gasteiger partial charge on any atom is 0.0668 e. The SMILES string of the molecule is CCNCc1ccc(N2CCOCC2C)c(C)c1. The number of anilines is 1. The fraction of sp³-hybridized carbons (Fsp3) is 0.600. The number of benzene rings is 1. The fourth-order valence-corrected chi connectivity index (χ4v) is 2.50. The molecule has 1 aliphatic rings. The van der Waals surface area contributed by atoms with Gasteiger partial charge in [-0.3, -0.25) is 0 Å². The summed E-state index contributed by atoms with van der Waals surface area (Å²) in [6.45, 7) is 11.2. The molecule has 0 bridgehead atoms. The predicted octanol–water partition coefficient (Wildman–Crippen LogP) is 2.33. The summed E-state index contributed by atoms with van der Waals surface area (Å²) in [6.07, 6.45) is 0. The summed E-state index contributed by atoms with van der Waals surface area (Å²) in [7, 11) is 0. The minimum absolute atomic E-state index is 0.470. The van der Waals surface area contributed by atoms with Crippen LogP contribution >= 0.6 is 0 Å². The van der Waals surface area contributed by atoms with Gasteiger partial charge in [0, 0.05) is 24.8 Å². The maximum atomic E-state index is 5.50. The molecule has 2 rings (SSSR count). The highest BCUT2D eigenvalue weighted by atomic mass is 16.5. The molecule has 0 amide bonds. The van der Waals surface area contributed by atoms with E-state index in [0.29, 0.717) is 6.04 Å². The van der Waals surface area contributed by atoms with Crippen LogP contribution < -0.4 is 10.2 Å². The van der Waals surface area contributed by atoms with Gasteiger partial charge in [-0.2, -0.15) is 0 Å². The van der Waals surface area contributed by atoms with Gasteiger partial charge in [0.15, 0.2) is 0 Å². The van der Waals surface area contributed by atoms with E-state index in [9.17, 15) is 0 Å². The normalized spacial score (nSPS) is 20.2. The van der Waals surface area contributed by atoms with Gasteiger partial charge < -0.3 is 15.0 Å². The van der Waals surface area contributed by atoms with Gasteiger partial charge >= 0.3 is 0 Å². The lowest BCUT2D eigenvalue weighted by atomic mass is 10.1. The van der Waals surface area contributed by atoms with E-state index in [4.69, 9.17) is 4.74 Å². The van der Waals surface area contributed by atoms with Crippen molar-refractivity contribution in [3.05, 3.63) is 29.3 Å². The Morgan fingerprint density at radius 3 is 2.94 bits per heavy atom. The minimum atomic E-state index is 0.470. The van der Waals surface area contributed by atoms with Gasteiger partial charge in [-0.15, -0.1) is 0 Å². The van der Waals surface area contributed by atoms with Crippen molar-refractivity contribution in [1.82, 2.24) is 5.32 Å². The van der Waals surface area contributed by atoms with E-state index in [1.807, 2.05) is 0 Å². The number of hydrogen-bond acceptors (Lipinski definition) is 3. The highest BCUT2D eigenvalue weighted by molar-refractivity contribution is 5.55. The second-order valence-electron chi connectivity index (χ2n) is 5.02. The van der Waals surface area contributed by atoms with Crippen molar-refractivity contribution in [1.29, 1.82) is 0 Å². The summed E-state index contributed by atoms with van der Waals surface area (Å²) in [4.78, 5) is 2.45. The molecule has 0 aromatic heterocycles. The van der Waals surface area contributed by atoms with Crippen molar-refractivity contribution in [2.75, 3.05) is 31.2 Å². The lowest BCUT2D eigenvalue weighted by Gasteiger charge is -2.36. The van der Waals surface area contributed by atoms with E-state index < -0.39 is 0 Å². The quantitative estimate of drug-likeness (QED) is 0.885. The Balaban J connectivity index is 2.13. The third kappa shape index (κ3) is 3.03. The molecule has 3 heteroatoms. The van der Waals surface area contributed by atoms with Crippen LogP contribution in [0.3, 0.4) is 0 Å². The first kappa shape index (κ1) is 13.4. The van der Waals surface area contributed by atoms with Gasteiger partial charge in [-0.05, 0) is 37.6 Å². The molecule has 0 saturated carbocycles.